The Balaban J connectivity index is 2.20. The Bertz CT molecular complexity index is 715. The van der Waals surface area contributed by atoms with E-state index in [4.69, 9.17) is 10.5 Å². The van der Waals surface area contributed by atoms with Crippen LogP contribution in [0, 0.1) is 5.92 Å². The Kier molecular flexibility index (Phi) is 7.43. The molecule has 1 saturated carbocycles. The first-order chi connectivity index (χ1) is 12.4. The molecular weight excluding hydrogens is 354 g/mol. The Morgan fingerprint density at radius 2 is 2.04 bits per heavy atom. The summed E-state index contributed by atoms with van der Waals surface area (Å²) >= 11 is 0. The van der Waals surface area contributed by atoms with Gasteiger partial charge in [-0.3, -0.25) is 4.79 Å². The van der Waals surface area contributed by atoms with Crippen LogP contribution in [0.3, 0.4) is 0 Å². The van der Waals surface area contributed by atoms with Gasteiger partial charge in [0.1, 0.15) is 5.75 Å². The van der Waals surface area contributed by atoms with E-state index >= 15 is 0 Å². The molecule has 1 fully saturated rings. The van der Waals surface area contributed by atoms with Gasteiger partial charge in [0.2, 0.25) is 15.9 Å². The summed E-state index contributed by atoms with van der Waals surface area (Å²) in [6.45, 7) is 2.25. The summed E-state index contributed by atoms with van der Waals surface area (Å²) in [6, 6.07) is 4.40. The van der Waals surface area contributed by atoms with Gasteiger partial charge in [0, 0.05) is 31.1 Å². The minimum absolute atomic E-state index is 0.108. The molecule has 26 heavy (non-hydrogen) atoms. The number of hydrogen-bond donors (Lipinski definition) is 3. The average molecular weight is 384 g/mol. The molecule has 146 valence electrons. The highest BCUT2D eigenvalue weighted by Gasteiger charge is 2.28. The number of sulfonamides is 1. The van der Waals surface area contributed by atoms with Crippen LogP contribution in [0.5, 0.6) is 5.75 Å². The first-order valence-corrected chi connectivity index (χ1v) is 10.6. The Hall–Kier alpha value is -1.64. The molecular formula is C18H29N3O4S. The van der Waals surface area contributed by atoms with E-state index in [1.807, 2.05) is 0 Å². The molecule has 1 amide bonds. The fourth-order valence-electron chi connectivity index (χ4n) is 3.34. The molecule has 1 aromatic carbocycles. The summed E-state index contributed by atoms with van der Waals surface area (Å²) in [5, 5.41) is 2.74. The van der Waals surface area contributed by atoms with E-state index in [0.29, 0.717) is 17.7 Å². The maximum Gasteiger partial charge on any atom is 0.240 e. The van der Waals surface area contributed by atoms with Crippen molar-refractivity contribution in [1.29, 1.82) is 0 Å². The summed E-state index contributed by atoms with van der Waals surface area (Å²) in [6.07, 6.45) is 4.60. The van der Waals surface area contributed by atoms with Crippen molar-refractivity contribution in [3.05, 3.63) is 23.8 Å². The van der Waals surface area contributed by atoms with Crippen molar-refractivity contribution in [3.8, 4) is 5.75 Å². The number of carbonyl (C=O) groups is 1. The van der Waals surface area contributed by atoms with E-state index in [2.05, 4.69) is 10.0 Å². The molecule has 1 aliphatic carbocycles. The van der Waals surface area contributed by atoms with E-state index < -0.39 is 10.0 Å². The van der Waals surface area contributed by atoms with Gasteiger partial charge in [0.05, 0.1) is 12.0 Å². The van der Waals surface area contributed by atoms with E-state index in [1.54, 1.807) is 19.1 Å². The second kappa shape index (κ2) is 9.34. The summed E-state index contributed by atoms with van der Waals surface area (Å²) < 4.78 is 33.7. The lowest BCUT2D eigenvalue weighted by atomic mass is 9.99. The van der Waals surface area contributed by atoms with Gasteiger partial charge in [0.25, 0.3) is 0 Å². The lowest BCUT2D eigenvalue weighted by Gasteiger charge is -2.23. The lowest BCUT2D eigenvalue weighted by Crippen LogP contribution is -2.44. The molecule has 0 radical (unpaired) electrons. The molecule has 1 aliphatic rings. The molecule has 0 heterocycles. The zero-order chi connectivity index (χ0) is 19.2. The van der Waals surface area contributed by atoms with Crippen molar-refractivity contribution >= 4 is 15.9 Å². The molecule has 1 unspecified atom stereocenters. The molecule has 4 N–H and O–H groups in total. The first-order valence-electron chi connectivity index (χ1n) is 9.07. The van der Waals surface area contributed by atoms with Crippen LogP contribution >= 0.6 is 0 Å². The number of nitrogens with two attached hydrogens (primary N) is 1. The van der Waals surface area contributed by atoms with Crippen LogP contribution in [-0.4, -0.2) is 34.0 Å². The van der Waals surface area contributed by atoms with Gasteiger partial charge in [-0.25, -0.2) is 13.1 Å². The fraction of sp³-hybridized carbons (Fsp3) is 0.611. The number of nitrogens with one attached hydrogen (secondary N) is 2. The van der Waals surface area contributed by atoms with E-state index in [0.717, 1.165) is 25.7 Å². The monoisotopic (exact) mass is 383 g/mol. The van der Waals surface area contributed by atoms with Crippen molar-refractivity contribution in [3.63, 3.8) is 0 Å². The first kappa shape index (κ1) is 20.7. The quantitative estimate of drug-likeness (QED) is 0.599. The topological polar surface area (TPSA) is 111 Å². The number of amides is 1. The molecule has 8 heteroatoms. The van der Waals surface area contributed by atoms with Crippen LogP contribution in [0.2, 0.25) is 0 Å². The van der Waals surface area contributed by atoms with Crippen LogP contribution in [0.15, 0.2) is 23.1 Å². The SMILES string of the molecule is CCC(=O)NCc1cc(S(=O)(=O)NC(CN)C2CCCC2)ccc1OC. The van der Waals surface area contributed by atoms with Crippen LogP contribution in [0.4, 0.5) is 0 Å². The lowest BCUT2D eigenvalue weighted by molar-refractivity contribution is -0.120. The molecule has 0 saturated heterocycles. The molecule has 0 spiro atoms. The molecule has 0 bridgehead atoms. The maximum absolute atomic E-state index is 12.8. The molecule has 1 aromatic rings. The van der Waals surface area contributed by atoms with E-state index in [-0.39, 0.29) is 35.9 Å². The van der Waals surface area contributed by atoms with Gasteiger partial charge in [0.15, 0.2) is 0 Å². The minimum Gasteiger partial charge on any atom is -0.496 e. The second-order valence-corrected chi connectivity index (χ2v) is 8.33. The zero-order valence-corrected chi connectivity index (χ0v) is 16.3. The highest BCUT2D eigenvalue weighted by molar-refractivity contribution is 7.89. The third kappa shape index (κ3) is 5.18. The zero-order valence-electron chi connectivity index (χ0n) is 15.5. The Morgan fingerprint density at radius 3 is 2.62 bits per heavy atom. The molecule has 2 rings (SSSR count). The van der Waals surface area contributed by atoms with Gasteiger partial charge >= 0.3 is 0 Å². The number of carbonyl (C=O) groups excluding carboxylic acids is 1. The predicted molar refractivity (Wildman–Crippen MR) is 100 cm³/mol. The van der Waals surface area contributed by atoms with E-state index in [1.165, 1.54) is 13.2 Å². The van der Waals surface area contributed by atoms with Gasteiger partial charge < -0.3 is 15.8 Å². The fourth-order valence-corrected chi connectivity index (χ4v) is 4.71. The van der Waals surface area contributed by atoms with Crippen LogP contribution < -0.4 is 20.5 Å². The average Bonchev–Trinajstić information content (AvgIpc) is 3.18. The highest BCUT2D eigenvalue weighted by Crippen LogP contribution is 2.29. The minimum atomic E-state index is -3.70. The predicted octanol–water partition coefficient (Wildman–Crippen LogP) is 1.52. The number of hydrogen-bond acceptors (Lipinski definition) is 5. The van der Waals surface area contributed by atoms with Gasteiger partial charge in [-0.15, -0.1) is 0 Å². The molecule has 0 aromatic heterocycles. The van der Waals surface area contributed by atoms with E-state index in [9.17, 15) is 13.2 Å². The van der Waals surface area contributed by atoms with Crippen LogP contribution in [0.1, 0.15) is 44.6 Å². The smallest absolute Gasteiger partial charge is 0.240 e. The maximum atomic E-state index is 12.8. The van der Waals surface area contributed by atoms with Gasteiger partial charge in [-0.2, -0.15) is 0 Å². The summed E-state index contributed by atoms with van der Waals surface area (Å²) in [7, 11) is -2.19. The van der Waals surface area contributed by atoms with Gasteiger partial charge in [-0.05, 0) is 37.0 Å². The summed E-state index contributed by atoms with van der Waals surface area (Å²) in [4.78, 5) is 11.7. The second-order valence-electron chi connectivity index (χ2n) is 6.61. The Labute approximate surface area is 155 Å². The molecule has 0 aliphatic heterocycles. The molecule has 1 atom stereocenters. The highest BCUT2D eigenvalue weighted by atomic mass is 32.2. The number of ether oxygens (including phenoxy) is 1. The Morgan fingerprint density at radius 1 is 1.35 bits per heavy atom. The van der Waals surface area contributed by atoms with Crippen molar-refractivity contribution in [2.45, 2.75) is 56.5 Å². The largest absolute Gasteiger partial charge is 0.496 e. The number of rotatable bonds is 9. The third-order valence-electron chi connectivity index (χ3n) is 4.89. The third-order valence-corrected chi connectivity index (χ3v) is 6.38. The normalized spacial score (nSPS) is 16.4. The number of benzene rings is 1. The summed E-state index contributed by atoms with van der Waals surface area (Å²) in [5.41, 5.74) is 6.43. The van der Waals surface area contributed by atoms with Crippen molar-refractivity contribution in [2.75, 3.05) is 13.7 Å². The molecule has 7 nitrogen and oxygen atoms in total. The van der Waals surface area contributed by atoms with Gasteiger partial charge in [-0.1, -0.05) is 19.8 Å². The number of methoxy groups -OCH3 is 1. The summed E-state index contributed by atoms with van der Waals surface area (Å²) in [5.74, 6) is 0.714. The van der Waals surface area contributed by atoms with Crippen LogP contribution in [-0.2, 0) is 21.4 Å². The van der Waals surface area contributed by atoms with Crippen molar-refractivity contribution < 1.29 is 17.9 Å². The standard InChI is InChI=1S/C18H29N3O4S/c1-3-18(22)20-12-14-10-15(8-9-17(14)25-2)26(23,24)21-16(11-19)13-6-4-5-7-13/h8-10,13,16,21H,3-7,11-12,19H2,1-2H3,(H,20,22). The van der Waals surface area contributed by atoms with Crippen LogP contribution in [0.25, 0.3) is 0 Å². The van der Waals surface area contributed by atoms with Crippen molar-refractivity contribution in [2.24, 2.45) is 11.7 Å². The van der Waals surface area contributed by atoms with Crippen molar-refractivity contribution in [1.82, 2.24) is 10.0 Å².